The van der Waals surface area contributed by atoms with E-state index in [-0.39, 0.29) is 12.4 Å². The van der Waals surface area contributed by atoms with Gasteiger partial charge in [0, 0.05) is 34.3 Å². The molecule has 2 aromatic rings. The van der Waals surface area contributed by atoms with E-state index in [1.54, 1.807) is 6.07 Å². The minimum atomic E-state index is -0.471. The minimum absolute atomic E-state index is 0.0737. The van der Waals surface area contributed by atoms with Crippen molar-refractivity contribution in [3.8, 4) is 0 Å². The molecule has 148 valence electrons. The molecule has 1 atom stereocenters. The standard InChI is InChI=1S/C24H22ClNO3/c1-15-21(24(28)29-14-16-7-3-2-4-8-16)22(17-9-5-10-18(25)13-17)23-19(26-15)11-6-12-20(23)27/h2-5,7-10,13,22,26H,6,11-12,14H2,1H3. The largest absolute Gasteiger partial charge is 0.457 e. The predicted molar refractivity (Wildman–Crippen MR) is 112 cm³/mol. The van der Waals surface area contributed by atoms with Crippen LogP contribution in [-0.2, 0) is 20.9 Å². The number of dihydropyridines is 1. The van der Waals surface area contributed by atoms with Crippen LogP contribution in [0.25, 0.3) is 0 Å². The summed E-state index contributed by atoms with van der Waals surface area (Å²) in [6.45, 7) is 2.04. The fraction of sp³-hybridized carbons (Fsp3) is 0.250. The van der Waals surface area contributed by atoms with Gasteiger partial charge in [-0.1, -0.05) is 54.1 Å². The highest BCUT2D eigenvalue weighted by Crippen LogP contribution is 2.43. The van der Waals surface area contributed by atoms with Gasteiger partial charge in [-0.05, 0) is 43.0 Å². The molecule has 2 aliphatic rings. The van der Waals surface area contributed by atoms with Crippen LogP contribution in [0.1, 0.15) is 43.2 Å². The average Bonchev–Trinajstić information content (AvgIpc) is 2.72. The number of esters is 1. The third-order valence-electron chi connectivity index (χ3n) is 5.39. The van der Waals surface area contributed by atoms with Crippen LogP contribution in [0.5, 0.6) is 0 Å². The number of benzene rings is 2. The quantitative estimate of drug-likeness (QED) is 0.720. The molecule has 1 unspecified atom stereocenters. The first-order valence-corrected chi connectivity index (χ1v) is 10.1. The highest BCUT2D eigenvalue weighted by Gasteiger charge is 2.39. The van der Waals surface area contributed by atoms with E-state index < -0.39 is 11.9 Å². The Morgan fingerprint density at radius 1 is 1.14 bits per heavy atom. The molecule has 4 rings (SSSR count). The molecule has 0 spiro atoms. The summed E-state index contributed by atoms with van der Waals surface area (Å²) in [6.07, 6.45) is 2.10. The molecule has 0 radical (unpaired) electrons. The number of allylic oxidation sites excluding steroid dienone is 3. The molecule has 4 nitrogen and oxygen atoms in total. The summed E-state index contributed by atoms with van der Waals surface area (Å²) >= 11 is 6.23. The Kier molecular flexibility index (Phi) is 5.54. The zero-order valence-corrected chi connectivity index (χ0v) is 17.0. The summed E-state index contributed by atoms with van der Waals surface area (Å²) in [5.74, 6) is -0.820. The molecule has 5 heteroatoms. The Hall–Kier alpha value is -2.85. The van der Waals surface area contributed by atoms with Gasteiger partial charge in [-0.25, -0.2) is 4.79 Å². The van der Waals surface area contributed by atoms with E-state index in [2.05, 4.69) is 5.32 Å². The molecule has 1 aliphatic carbocycles. The van der Waals surface area contributed by atoms with Crippen LogP contribution < -0.4 is 5.32 Å². The van der Waals surface area contributed by atoms with Crippen LogP contribution in [-0.4, -0.2) is 11.8 Å². The minimum Gasteiger partial charge on any atom is -0.457 e. The normalized spacial score (nSPS) is 19.0. The Labute approximate surface area is 175 Å². The first-order chi connectivity index (χ1) is 14.0. The van der Waals surface area contributed by atoms with Crippen LogP contribution in [0.3, 0.4) is 0 Å². The fourth-order valence-corrected chi connectivity index (χ4v) is 4.27. The monoisotopic (exact) mass is 407 g/mol. The van der Waals surface area contributed by atoms with Crippen molar-refractivity contribution in [1.82, 2.24) is 5.32 Å². The number of Topliss-reactive ketones (excluding diaryl/α,β-unsaturated/α-hetero) is 1. The highest BCUT2D eigenvalue weighted by atomic mass is 35.5. The lowest BCUT2D eigenvalue weighted by Crippen LogP contribution is -2.34. The van der Waals surface area contributed by atoms with Gasteiger partial charge in [-0.2, -0.15) is 0 Å². The topological polar surface area (TPSA) is 55.4 Å². The van der Waals surface area contributed by atoms with Crippen LogP contribution in [0.4, 0.5) is 0 Å². The molecule has 1 heterocycles. The smallest absolute Gasteiger partial charge is 0.337 e. The summed E-state index contributed by atoms with van der Waals surface area (Å²) < 4.78 is 5.63. The second kappa shape index (κ2) is 8.26. The zero-order valence-electron chi connectivity index (χ0n) is 16.2. The Morgan fingerprint density at radius 3 is 2.69 bits per heavy atom. The number of hydrogen-bond donors (Lipinski definition) is 1. The van der Waals surface area contributed by atoms with Crippen LogP contribution in [0.2, 0.25) is 5.02 Å². The maximum absolute atomic E-state index is 13.1. The first-order valence-electron chi connectivity index (χ1n) is 9.75. The van der Waals surface area contributed by atoms with Gasteiger partial charge in [0.25, 0.3) is 0 Å². The van der Waals surface area contributed by atoms with Gasteiger partial charge in [0.15, 0.2) is 5.78 Å². The Balaban J connectivity index is 1.72. The molecular weight excluding hydrogens is 386 g/mol. The Bertz CT molecular complexity index is 1020. The first kappa shape index (κ1) is 19.5. The summed E-state index contributed by atoms with van der Waals surface area (Å²) in [4.78, 5) is 26.0. The molecule has 0 saturated heterocycles. The van der Waals surface area contributed by atoms with Crippen molar-refractivity contribution in [3.05, 3.63) is 93.3 Å². The van der Waals surface area contributed by atoms with Gasteiger partial charge in [0.2, 0.25) is 0 Å². The zero-order chi connectivity index (χ0) is 20.4. The summed E-state index contributed by atoms with van der Waals surface area (Å²) in [6, 6.07) is 16.9. The molecule has 1 N–H and O–H groups in total. The molecule has 2 aromatic carbocycles. The van der Waals surface area contributed by atoms with E-state index in [1.165, 1.54) is 0 Å². The molecule has 29 heavy (non-hydrogen) atoms. The van der Waals surface area contributed by atoms with Gasteiger partial charge in [-0.3, -0.25) is 4.79 Å². The van der Waals surface area contributed by atoms with E-state index in [0.717, 1.165) is 35.4 Å². The van der Waals surface area contributed by atoms with Crippen molar-refractivity contribution in [2.45, 2.75) is 38.7 Å². The van der Waals surface area contributed by atoms with Gasteiger partial charge in [0.1, 0.15) is 6.61 Å². The van der Waals surface area contributed by atoms with Gasteiger partial charge in [-0.15, -0.1) is 0 Å². The second-order valence-corrected chi connectivity index (χ2v) is 7.82. The second-order valence-electron chi connectivity index (χ2n) is 7.38. The van der Waals surface area contributed by atoms with Gasteiger partial charge < -0.3 is 10.1 Å². The van der Waals surface area contributed by atoms with Crippen LogP contribution >= 0.6 is 11.6 Å². The number of ether oxygens (including phenoxy) is 1. The number of hydrogen-bond acceptors (Lipinski definition) is 4. The number of nitrogens with one attached hydrogen (secondary N) is 1. The van der Waals surface area contributed by atoms with E-state index in [1.807, 2.05) is 55.5 Å². The molecular formula is C24H22ClNO3. The van der Waals surface area contributed by atoms with Gasteiger partial charge >= 0.3 is 5.97 Å². The van der Waals surface area contributed by atoms with Crippen LogP contribution in [0.15, 0.2) is 77.1 Å². The van der Waals surface area contributed by atoms with Crippen LogP contribution in [0, 0.1) is 0 Å². The van der Waals surface area contributed by atoms with E-state index in [9.17, 15) is 9.59 Å². The van der Waals surface area contributed by atoms with Crippen molar-refractivity contribution < 1.29 is 14.3 Å². The third kappa shape index (κ3) is 3.99. The number of rotatable bonds is 4. The number of carbonyl (C=O) groups is 2. The number of ketones is 1. The van der Waals surface area contributed by atoms with Crippen molar-refractivity contribution >= 4 is 23.4 Å². The summed E-state index contributed by atoms with van der Waals surface area (Å²) in [5, 5.41) is 3.87. The highest BCUT2D eigenvalue weighted by molar-refractivity contribution is 6.30. The third-order valence-corrected chi connectivity index (χ3v) is 5.63. The molecule has 0 bridgehead atoms. The Morgan fingerprint density at radius 2 is 1.93 bits per heavy atom. The fourth-order valence-electron chi connectivity index (χ4n) is 4.07. The molecule has 0 fully saturated rings. The average molecular weight is 408 g/mol. The van der Waals surface area contributed by atoms with E-state index >= 15 is 0 Å². The van der Waals surface area contributed by atoms with E-state index in [0.29, 0.717) is 22.6 Å². The van der Waals surface area contributed by atoms with Crippen molar-refractivity contribution in [3.63, 3.8) is 0 Å². The maximum atomic E-state index is 13.1. The molecule has 0 saturated carbocycles. The summed E-state index contributed by atoms with van der Waals surface area (Å²) in [7, 11) is 0. The van der Waals surface area contributed by atoms with Crippen molar-refractivity contribution in [2.24, 2.45) is 0 Å². The van der Waals surface area contributed by atoms with Crippen molar-refractivity contribution in [1.29, 1.82) is 0 Å². The SMILES string of the molecule is CC1=C(C(=O)OCc2ccccc2)C(c2cccc(Cl)c2)C2=C(CCCC2=O)N1. The van der Waals surface area contributed by atoms with Crippen molar-refractivity contribution in [2.75, 3.05) is 0 Å². The van der Waals surface area contributed by atoms with Gasteiger partial charge in [0.05, 0.1) is 5.57 Å². The number of carbonyl (C=O) groups excluding carboxylic acids is 2. The lowest BCUT2D eigenvalue weighted by atomic mass is 9.75. The summed E-state index contributed by atoms with van der Waals surface area (Å²) in [5.41, 5.74) is 4.50. The number of halogens is 1. The lowest BCUT2D eigenvalue weighted by molar-refractivity contribution is -0.140. The molecule has 1 aliphatic heterocycles. The molecule has 0 amide bonds. The lowest BCUT2D eigenvalue weighted by Gasteiger charge is -2.34. The predicted octanol–water partition coefficient (Wildman–Crippen LogP) is 5.05. The molecule has 0 aromatic heterocycles. The van der Waals surface area contributed by atoms with E-state index in [4.69, 9.17) is 16.3 Å². The maximum Gasteiger partial charge on any atom is 0.337 e.